The molecule has 1 aromatic rings. The smallest absolute Gasteiger partial charge is 0.322 e. The number of hydrogen-bond acceptors (Lipinski definition) is 8. The van der Waals surface area contributed by atoms with E-state index in [4.69, 9.17) is 20.4 Å². The molecular weight excluding hydrogens is 466 g/mol. The molecule has 12 heteroatoms. The molecule has 0 spiro atoms. The Labute approximate surface area is 201 Å². The van der Waals surface area contributed by atoms with Crippen LogP contribution in [0, 0.1) is 0 Å². The number of amides is 2. The number of aromatic hydroxyl groups is 1. The number of nitrogens with one attached hydrogen (secondary N) is 2. The molecule has 0 radical (unpaired) electrons. The van der Waals surface area contributed by atoms with Crippen LogP contribution in [0.5, 0.6) is 5.95 Å². The van der Waals surface area contributed by atoms with Gasteiger partial charge in [-0.15, -0.1) is 11.8 Å². The first-order valence-corrected chi connectivity index (χ1v) is 12.1. The summed E-state index contributed by atoms with van der Waals surface area (Å²) >= 11 is 1.36. The molecule has 2 rings (SSSR count). The minimum atomic E-state index is -1.23. The highest BCUT2D eigenvalue weighted by Crippen LogP contribution is 2.43. The maximum Gasteiger partial charge on any atom is 0.322 e. The highest BCUT2D eigenvalue weighted by Gasteiger charge is 2.29. The van der Waals surface area contributed by atoms with E-state index in [0.717, 1.165) is 24.8 Å². The monoisotopic (exact) mass is 497 g/mol. The minimum Gasteiger partial charge on any atom is -0.480 e. The summed E-state index contributed by atoms with van der Waals surface area (Å²) in [6.45, 7) is 1.39. The highest BCUT2D eigenvalue weighted by molar-refractivity contribution is 7.99. The first-order valence-electron chi connectivity index (χ1n) is 11.0. The lowest BCUT2D eigenvalue weighted by atomic mass is 9.97. The number of nitrogens with two attached hydrogens (primary N) is 1. The second-order valence-corrected chi connectivity index (χ2v) is 9.17. The van der Waals surface area contributed by atoms with E-state index in [-0.39, 0.29) is 29.8 Å². The zero-order valence-electron chi connectivity index (χ0n) is 18.9. The van der Waals surface area contributed by atoms with Crippen molar-refractivity contribution in [2.45, 2.75) is 62.8 Å². The van der Waals surface area contributed by atoms with Crippen molar-refractivity contribution in [3.05, 3.63) is 23.0 Å². The van der Waals surface area contributed by atoms with Gasteiger partial charge in [-0.25, -0.2) is 0 Å². The Hall–Kier alpha value is -2.99. The zero-order valence-corrected chi connectivity index (χ0v) is 19.7. The number of carboxylic acid groups (broad SMARTS) is 2. The van der Waals surface area contributed by atoms with Crippen LogP contribution in [0.3, 0.4) is 0 Å². The summed E-state index contributed by atoms with van der Waals surface area (Å²) in [5.41, 5.74) is 7.00. The van der Waals surface area contributed by atoms with Crippen molar-refractivity contribution in [2.75, 3.05) is 12.3 Å². The van der Waals surface area contributed by atoms with Crippen LogP contribution in [-0.4, -0.2) is 63.5 Å². The van der Waals surface area contributed by atoms with Crippen LogP contribution < -0.4 is 16.4 Å². The number of rotatable bonds is 14. The van der Waals surface area contributed by atoms with Crippen LogP contribution in [0.25, 0.3) is 6.08 Å². The molecule has 34 heavy (non-hydrogen) atoms. The quantitative estimate of drug-likeness (QED) is 0.219. The van der Waals surface area contributed by atoms with Gasteiger partial charge in [0, 0.05) is 17.7 Å². The third kappa shape index (κ3) is 7.80. The third-order valence-corrected chi connectivity index (χ3v) is 6.66. The van der Waals surface area contributed by atoms with Gasteiger partial charge in [0.15, 0.2) is 0 Å². The predicted molar refractivity (Wildman–Crippen MR) is 125 cm³/mol. The molecule has 0 aromatic carbocycles. The number of furan rings is 1. The molecule has 188 valence electrons. The third-order valence-electron chi connectivity index (χ3n) is 5.28. The average Bonchev–Trinajstić information content (AvgIpc) is 3.14. The van der Waals surface area contributed by atoms with Crippen molar-refractivity contribution in [1.82, 2.24) is 10.6 Å². The number of hydrogen-bond donors (Lipinski definition) is 6. The van der Waals surface area contributed by atoms with E-state index >= 15 is 0 Å². The van der Waals surface area contributed by atoms with Crippen molar-refractivity contribution < 1.29 is 38.9 Å². The summed E-state index contributed by atoms with van der Waals surface area (Å²) < 4.78 is 5.67. The van der Waals surface area contributed by atoms with Crippen LogP contribution in [-0.2, 0) is 25.6 Å². The molecule has 11 nitrogen and oxygen atoms in total. The number of carbonyl (C=O) groups is 4. The van der Waals surface area contributed by atoms with Gasteiger partial charge < -0.3 is 36.1 Å². The van der Waals surface area contributed by atoms with Crippen LogP contribution in [0.4, 0.5) is 0 Å². The molecule has 1 heterocycles. The lowest BCUT2D eigenvalue weighted by molar-refractivity contribution is -0.139. The Kier molecular flexibility index (Phi) is 10.5. The Morgan fingerprint density at radius 1 is 1.24 bits per heavy atom. The van der Waals surface area contributed by atoms with Gasteiger partial charge >= 0.3 is 11.9 Å². The summed E-state index contributed by atoms with van der Waals surface area (Å²) in [5, 5.41) is 32.5. The van der Waals surface area contributed by atoms with E-state index < -0.39 is 42.4 Å². The number of thioether (sulfide) groups is 1. The largest absolute Gasteiger partial charge is 0.480 e. The average molecular weight is 498 g/mol. The van der Waals surface area contributed by atoms with Gasteiger partial charge in [-0.05, 0) is 25.7 Å². The molecule has 3 atom stereocenters. The van der Waals surface area contributed by atoms with E-state index in [1.165, 1.54) is 11.8 Å². The Morgan fingerprint density at radius 3 is 2.62 bits per heavy atom. The normalized spacial score (nSPS) is 15.1. The second-order valence-electron chi connectivity index (χ2n) is 7.93. The van der Waals surface area contributed by atoms with Crippen molar-refractivity contribution in [3.63, 3.8) is 0 Å². The van der Waals surface area contributed by atoms with Crippen molar-refractivity contribution in [1.29, 1.82) is 0 Å². The lowest BCUT2D eigenvalue weighted by Crippen LogP contribution is -2.49. The molecule has 0 saturated carbocycles. The summed E-state index contributed by atoms with van der Waals surface area (Å²) in [4.78, 5) is 46.6. The fourth-order valence-electron chi connectivity index (χ4n) is 3.51. The van der Waals surface area contributed by atoms with Gasteiger partial charge in [-0.1, -0.05) is 25.5 Å². The van der Waals surface area contributed by atoms with Gasteiger partial charge in [0.05, 0.1) is 10.8 Å². The number of carbonyl (C=O) groups excluding carboxylic acids is 2. The van der Waals surface area contributed by atoms with Gasteiger partial charge in [-0.2, -0.15) is 0 Å². The standard InChI is InChI=1S/C22H31N3O8S/c1-2-5-16(19-12-6-3-4-7-13(12)22(32)33-19)34-11-15(20(29)24-10-18(27)28)25-17(26)9-8-14(23)21(30)31/h4,7,14-16,32H,2-3,5-6,8-11,23H2,1H3,(H,24,29)(H,25,26)(H,27,28)(H,30,31)/t14-,15-,16+/m0/s1. The molecule has 1 aromatic heterocycles. The Morgan fingerprint density at radius 2 is 1.97 bits per heavy atom. The van der Waals surface area contributed by atoms with E-state index in [9.17, 15) is 24.3 Å². The van der Waals surface area contributed by atoms with Crippen molar-refractivity contribution in [3.8, 4) is 5.95 Å². The number of carboxylic acids is 2. The Balaban J connectivity index is 2.12. The van der Waals surface area contributed by atoms with Crippen LogP contribution in [0.1, 0.15) is 61.2 Å². The van der Waals surface area contributed by atoms with E-state index in [1.54, 1.807) is 0 Å². The number of allylic oxidation sites excluding steroid dienone is 1. The topological polar surface area (TPSA) is 192 Å². The number of fused-ring (bicyclic) bond motifs is 1. The molecule has 0 bridgehead atoms. The molecule has 2 amide bonds. The van der Waals surface area contributed by atoms with E-state index in [2.05, 4.69) is 10.6 Å². The summed E-state index contributed by atoms with van der Waals surface area (Å²) in [6, 6.07) is -2.27. The molecule has 1 aliphatic rings. The van der Waals surface area contributed by atoms with Crippen LogP contribution in [0.2, 0.25) is 0 Å². The summed E-state index contributed by atoms with van der Waals surface area (Å²) in [7, 11) is 0. The molecule has 0 saturated heterocycles. The SMILES string of the molecule is CCC[C@@H](SC[C@H](NC(=O)CC[C@H](N)C(=O)O)C(=O)NCC(=O)O)c1oc(O)c2c1CCC=C2. The minimum absolute atomic E-state index is 0.110. The van der Waals surface area contributed by atoms with Crippen molar-refractivity contribution >= 4 is 41.6 Å². The van der Waals surface area contributed by atoms with Gasteiger partial charge in [0.1, 0.15) is 24.4 Å². The summed E-state index contributed by atoms with van der Waals surface area (Å²) in [6.07, 6.45) is 6.49. The first-order chi connectivity index (χ1) is 16.1. The molecule has 0 unspecified atom stereocenters. The van der Waals surface area contributed by atoms with E-state index in [1.807, 2.05) is 19.1 Å². The van der Waals surface area contributed by atoms with Crippen molar-refractivity contribution in [2.24, 2.45) is 5.73 Å². The maximum absolute atomic E-state index is 12.6. The highest BCUT2D eigenvalue weighted by atomic mass is 32.2. The molecule has 0 fully saturated rings. The van der Waals surface area contributed by atoms with Crippen LogP contribution >= 0.6 is 11.8 Å². The predicted octanol–water partition coefficient (Wildman–Crippen LogP) is 1.40. The second kappa shape index (κ2) is 13.0. The maximum atomic E-state index is 12.6. The van der Waals surface area contributed by atoms with Gasteiger partial charge in [-0.3, -0.25) is 19.2 Å². The molecule has 7 N–H and O–H groups in total. The first kappa shape index (κ1) is 27.3. The number of aliphatic carboxylic acids is 2. The van der Waals surface area contributed by atoms with Crippen LogP contribution in [0.15, 0.2) is 10.5 Å². The fraction of sp³-hybridized carbons (Fsp3) is 0.545. The van der Waals surface area contributed by atoms with E-state index in [0.29, 0.717) is 17.7 Å². The lowest BCUT2D eigenvalue weighted by Gasteiger charge is -2.22. The summed E-state index contributed by atoms with van der Waals surface area (Å²) in [5.74, 6) is -3.12. The molecule has 1 aliphatic carbocycles. The molecule has 0 aliphatic heterocycles. The molecular formula is C22H31N3O8S. The zero-order chi connectivity index (χ0) is 25.3. The van der Waals surface area contributed by atoms with Gasteiger partial charge in [0.2, 0.25) is 11.8 Å². The van der Waals surface area contributed by atoms with Gasteiger partial charge in [0.25, 0.3) is 5.95 Å². The Bertz CT molecular complexity index is 929. The fourth-order valence-corrected chi connectivity index (χ4v) is 4.91.